The van der Waals surface area contributed by atoms with Crippen LogP contribution in [0.2, 0.25) is 5.02 Å². The van der Waals surface area contributed by atoms with Gasteiger partial charge in [0.25, 0.3) is 0 Å². The third-order valence-corrected chi connectivity index (χ3v) is 3.60. The molecule has 0 saturated heterocycles. The van der Waals surface area contributed by atoms with E-state index < -0.39 is 29.4 Å². The smallest absolute Gasteiger partial charge is 0.416 e. The monoisotopic (exact) mass is 388 g/mol. The minimum Gasteiger partial charge on any atom is -0.456 e. The van der Waals surface area contributed by atoms with Crippen molar-refractivity contribution in [3.8, 4) is 11.5 Å². The van der Waals surface area contributed by atoms with Gasteiger partial charge in [0.05, 0.1) is 16.1 Å². The van der Waals surface area contributed by atoms with Gasteiger partial charge in [0, 0.05) is 5.88 Å². The van der Waals surface area contributed by atoms with Crippen molar-refractivity contribution in [3.63, 3.8) is 0 Å². The molecule has 0 radical (unpaired) electrons. The van der Waals surface area contributed by atoms with Crippen molar-refractivity contribution in [2.24, 2.45) is 0 Å². The highest BCUT2D eigenvalue weighted by molar-refractivity contribution is 6.32. The van der Waals surface area contributed by atoms with Gasteiger partial charge in [0.15, 0.2) is 0 Å². The summed E-state index contributed by atoms with van der Waals surface area (Å²) in [5, 5.41) is -0.322. The second-order valence-corrected chi connectivity index (χ2v) is 5.37. The van der Waals surface area contributed by atoms with E-state index in [9.17, 15) is 26.3 Å². The van der Waals surface area contributed by atoms with E-state index in [4.69, 9.17) is 27.9 Å². The third-order valence-electron chi connectivity index (χ3n) is 3.01. The van der Waals surface area contributed by atoms with E-state index in [1.165, 1.54) is 0 Å². The fourth-order valence-corrected chi connectivity index (χ4v) is 2.35. The van der Waals surface area contributed by atoms with Gasteiger partial charge in [-0.05, 0) is 42.0 Å². The fraction of sp³-hybridized carbons (Fsp3) is 0.200. The highest BCUT2D eigenvalue weighted by Crippen LogP contribution is 2.38. The van der Waals surface area contributed by atoms with E-state index in [0.29, 0.717) is 6.07 Å². The van der Waals surface area contributed by atoms with Gasteiger partial charge >= 0.3 is 12.4 Å². The van der Waals surface area contributed by atoms with E-state index in [2.05, 4.69) is 0 Å². The number of ether oxygens (including phenoxy) is 1. The second kappa shape index (κ2) is 6.72. The molecule has 0 unspecified atom stereocenters. The molecule has 0 N–H and O–H groups in total. The molecule has 0 fully saturated rings. The minimum absolute atomic E-state index is 0.0275. The molecule has 24 heavy (non-hydrogen) atoms. The Kier molecular flexibility index (Phi) is 5.25. The zero-order chi connectivity index (χ0) is 18.1. The summed E-state index contributed by atoms with van der Waals surface area (Å²) in [5.74, 6) is -0.558. The lowest BCUT2D eigenvalue weighted by atomic mass is 10.1. The Morgan fingerprint density at radius 2 is 1.54 bits per heavy atom. The van der Waals surface area contributed by atoms with Crippen LogP contribution < -0.4 is 4.74 Å². The predicted octanol–water partition coefficient (Wildman–Crippen LogP) is 6.91. The summed E-state index contributed by atoms with van der Waals surface area (Å²) in [6.45, 7) is 0. The maximum absolute atomic E-state index is 12.8. The predicted molar refractivity (Wildman–Crippen MR) is 77.5 cm³/mol. The molecule has 0 aromatic heterocycles. The van der Waals surface area contributed by atoms with Gasteiger partial charge in [0.1, 0.15) is 11.5 Å². The molecule has 0 aliphatic heterocycles. The molecule has 130 valence electrons. The molecular formula is C15H8Cl2F6O. The van der Waals surface area contributed by atoms with Crippen LogP contribution in [-0.4, -0.2) is 0 Å². The molecular weight excluding hydrogens is 381 g/mol. The summed E-state index contributed by atoms with van der Waals surface area (Å²) >= 11 is 11.2. The Morgan fingerprint density at radius 3 is 2.04 bits per heavy atom. The Balaban J connectivity index is 2.32. The van der Waals surface area contributed by atoms with Crippen LogP contribution in [0.3, 0.4) is 0 Å². The number of alkyl halides is 7. The molecule has 0 aliphatic carbocycles. The molecule has 0 heterocycles. The van der Waals surface area contributed by atoms with Crippen LogP contribution in [0, 0.1) is 0 Å². The van der Waals surface area contributed by atoms with Crippen molar-refractivity contribution < 1.29 is 31.1 Å². The van der Waals surface area contributed by atoms with Gasteiger partial charge in [-0.3, -0.25) is 0 Å². The topological polar surface area (TPSA) is 9.23 Å². The lowest BCUT2D eigenvalue weighted by Crippen LogP contribution is -2.08. The van der Waals surface area contributed by atoms with Crippen molar-refractivity contribution in [2.75, 3.05) is 0 Å². The first-order chi connectivity index (χ1) is 11.0. The molecule has 1 nitrogen and oxygen atoms in total. The van der Waals surface area contributed by atoms with E-state index in [0.717, 1.165) is 30.3 Å². The quantitative estimate of drug-likeness (QED) is 0.410. The second-order valence-electron chi connectivity index (χ2n) is 4.70. The van der Waals surface area contributed by atoms with Gasteiger partial charge in [-0.1, -0.05) is 11.6 Å². The number of rotatable bonds is 3. The Morgan fingerprint density at radius 1 is 0.875 bits per heavy atom. The van der Waals surface area contributed by atoms with Gasteiger partial charge in [-0.25, -0.2) is 0 Å². The summed E-state index contributed by atoms with van der Waals surface area (Å²) < 4.78 is 81.3. The summed E-state index contributed by atoms with van der Waals surface area (Å²) in [5.41, 5.74) is -2.10. The lowest BCUT2D eigenvalue weighted by molar-refractivity contribution is -0.138. The molecule has 0 amide bonds. The Hall–Kier alpha value is -1.60. The van der Waals surface area contributed by atoms with E-state index in [1.54, 1.807) is 0 Å². The number of benzene rings is 2. The largest absolute Gasteiger partial charge is 0.456 e. The first-order valence-corrected chi connectivity index (χ1v) is 7.24. The van der Waals surface area contributed by atoms with Crippen LogP contribution in [0.1, 0.15) is 16.7 Å². The van der Waals surface area contributed by atoms with Crippen molar-refractivity contribution >= 4 is 23.2 Å². The lowest BCUT2D eigenvalue weighted by Gasteiger charge is -2.14. The van der Waals surface area contributed by atoms with Crippen molar-refractivity contribution in [1.82, 2.24) is 0 Å². The molecule has 2 aromatic rings. The zero-order valence-corrected chi connectivity index (χ0v) is 13.1. The van der Waals surface area contributed by atoms with E-state index in [-0.39, 0.29) is 22.1 Å². The van der Waals surface area contributed by atoms with Crippen LogP contribution in [-0.2, 0) is 18.2 Å². The first kappa shape index (κ1) is 18.7. The maximum Gasteiger partial charge on any atom is 0.416 e. The van der Waals surface area contributed by atoms with Gasteiger partial charge in [-0.15, -0.1) is 11.6 Å². The molecule has 9 heteroatoms. The van der Waals surface area contributed by atoms with Crippen LogP contribution in [0.25, 0.3) is 0 Å². The third kappa shape index (κ3) is 4.27. The molecule has 0 aliphatic rings. The van der Waals surface area contributed by atoms with E-state index >= 15 is 0 Å². The zero-order valence-electron chi connectivity index (χ0n) is 11.6. The standard InChI is InChI=1S/C15H8Cl2F6O/c16-7-8-5-10(2-3-11(8)15(21,22)23)24-13-4-1-9(6-12(13)17)14(18,19)20/h1-6H,7H2. The van der Waals surface area contributed by atoms with Gasteiger partial charge < -0.3 is 4.74 Å². The fourth-order valence-electron chi connectivity index (χ4n) is 1.91. The molecule has 0 spiro atoms. The Labute approximate surface area is 142 Å². The van der Waals surface area contributed by atoms with Crippen LogP contribution in [0.5, 0.6) is 11.5 Å². The maximum atomic E-state index is 12.8. The number of hydrogen-bond acceptors (Lipinski definition) is 1. The molecule has 0 atom stereocenters. The van der Waals surface area contributed by atoms with Crippen LogP contribution >= 0.6 is 23.2 Å². The normalized spacial score (nSPS) is 12.3. The average molecular weight is 389 g/mol. The van der Waals surface area contributed by atoms with Crippen molar-refractivity contribution in [2.45, 2.75) is 18.2 Å². The van der Waals surface area contributed by atoms with Gasteiger partial charge in [-0.2, -0.15) is 26.3 Å². The summed E-state index contributed by atoms with van der Waals surface area (Å²) in [7, 11) is 0. The molecule has 2 aromatic carbocycles. The first-order valence-electron chi connectivity index (χ1n) is 6.33. The van der Waals surface area contributed by atoms with Crippen molar-refractivity contribution in [3.05, 3.63) is 58.1 Å². The minimum atomic E-state index is -4.57. The van der Waals surface area contributed by atoms with Gasteiger partial charge in [0.2, 0.25) is 0 Å². The molecule has 0 saturated carbocycles. The summed E-state index contributed by atoms with van der Waals surface area (Å²) in [6, 6.07) is 5.29. The average Bonchev–Trinajstić information content (AvgIpc) is 2.47. The summed E-state index contributed by atoms with van der Waals surface area (Å²) in [4.78, 5) is 0. The number of hydrogen-bond donors (Lipinski definition) is 0. The van der Waals surface area contributed by atoms with Crippen LogP contribution in [0.15, 0.2) is 36.4 Å². The van der Waals surface area contributed by atoms with E-state index in [1.807, 2.05) is 0 Å². The highest BCUT2D eigenvalue weighted by Gasteiger charge is 2.33. The summed E-state index contributed by atoms with van der Waals surface area (Å²) in [6.07, 6.45) is -9.14. The Bertz CT molecular complexity index is 740. The van der Waals surface area contributed by atoms with Crippen LogP contribution in [0.4, 0.5) is 26.3 Å². The highest BCUT2D eigenvalue weighted by atomic mass is 35.5. The molecule has 2 rings (SSSR count). The number of halogens is 8. The molecule has 0 bridgehead atoms. The van der Waals surface area contributed by atoms with Crippen molar-refractivity contribution in [1.29, 1.82) is 0 Å². The SMILES string of the molecule is FC(F)(F)c1ccc(Oc2ccc(C(F)(F)F)c(CCl)c2)c(Cl)c1.